The molecule has 6 heteroatoms. The molecule has 2 heterocycles. The third-order valence-electron chi connectivity index (χ3n) is 7.57. The molecule has 1 amide bonds. The first-order valence-corrected chi connectivity index (χ1v) is 10.5. The summed E-state index contributed by atoms with van der Waals surface area (Å²) in [6.45, 7) is 5.90. The van der Waals surface area contributed by atoms with Gasteiger partial charge in [0, 0.05) is 36.4 Å². The summed E-state index contributed by atoms with van der Waals surface area (Å²) < 4.78 is 5.91. The fourth-order valence-corrected chi connectivity index (χ4v) is 5.80. The Labute approximate surface area is 155 Å². The number of hydrogen-bond donors (Lipinski definition) is 1. The molecule has 1 aliphatic heterocycles. The molecule has 0 aromatic carbocycles. The topological polar surface area (TPSA) is 71.3 Å². The Balaban J connectivity index is 1.20. The summed E-state index contributed by atoms with van der Waals surface area (Å²) in [4.78, 5) is 14.9. The maximum Gasteiger partial charge on any atom is 0.318 e. The van der Waals surface area contributed by atoms with Gasteiger partial charge in [0.25, 0.3) is 0 Å². The van der Waals surface area contributed by atoms with Crippen LogP contribution in [0.1, 0.15) is 70.6 Å². The number of rotatable bonds is 5. The van der Waals surface area contributed by atoms with Gasteiger partial charge in [-0.2, -0.15) is 0 Å². The predicted molar refractivity (Wildman–Crippen MR) is 97.8 cm³/mol. The number of carbonyl (C=O) groups excluding carboxylic acids is 1. The van der Waals surface area contributed by atoms with E-state index < -0.39 is 0 Å². The van der Waals surface area contributed by atoms with Crippen LogP contribution in [0.5, 0.6) is 0 Å². The van der Waals surface area contributed by atoms with Gasteiger partial charge in [0.05, 0.1) is 0 Å². The molecule has 3 saturated carbocycles. The van der Waals surface area contributed by atoms with E-state index in [0.717, 1.165) is 31.8 Å². The number of carbonyl (C=O) groups is 1. The number of hydrogen-bond acceptors (Lipinski definition) is 5. The summed E-state index contributed by atoms with van der Waals surface area (Å²) in [5.41, 5.74) is 0.142. The monoisotopic (exact) mass is 358 g/mol. The molecule has 3 aliphatic carbocycles. The van der Waals surface area contributed by atoms with Crippen molar-refractivity contribution < 1.29 is 9.21 Å². The highest BCUT2D eigenvalue weighted by molar-refractivity contribution is 5.80. The molecular weight excluding hydrogens is 328 g/mol. The average molecular weight is 358 g/mol. The normalized spacial score (nSPS) is 34.2. The molecule has 0 radical (unpaired) electrons. The number of fused-ring (bicyclic) bond motifs is 1. The third kappa shape index (κ3) is 2.48. The Bertz CT molecular complexity index is 696. The molecule has 4 unspecified atom stereocenters. The average Bonchev–Trinajstić information content (AvgIpc) is 2.92. The number of nitrogens with one attached hydrogen (secondary N) is 1. The van der Waals surface area contributed by atoms with E-state index in [-0.39, 0.29) is 11.5 Å². The van der Waals surface area contributed by atoms with Gasteiger partial charge in [-0.05, 0) is 43.9 Å². The van der Waals surface area contributed by atoms with Crippen LogP contribution in [-0.2, 0) is 4.79 Å². The highest BCUT2D eigenvalue weighted by atomic mass is 16.4. The van der Waals surface area contributed by atoms with Gasteiger partial charge in [0.1, 0.15) is 0 Å². The molecule has 1 N–H and O–H groups in total. The van der Waals surface area contributed by atoms with Gasteiger partial charge in [0.15, 0.2) is 0 Å². The predicted octanol–water partition coefficient (Wildman–Crippen LogP) is 3.10. The van der Waals surface area contributed by atoms with E-state index in [1.54, 1.807) is 0 Å². The van der Waals surface area contributed by atoms with Gasteiger partial charge in [0.2, 0.25) is 11.8 Å². The Morgan fingerprint density at radius 1 is 1.31 bits per heavy atom. The van der Waals surface area contributed by atoms with Crippen molar-refractivity contribution in [1.29, 1.82) is 0 Å². The van der Waals surface area contributed by atoms with Crippen LogP contribution in [0.25, 0.3) is 0 Å². The molecular formula is C20H30N4O2. The van der Waals surface area contributed by atoms with E-state index in [9.17, 15) is 4.79 Å². The first-order valence-electron chi connectivity index (χ1n) is 10.5. The molecule has 5 rings (SSSR count). The number of aromatic nitrogens is 2. The van der Waals surface area contributed by atoms with Crippen LogP contribution >= 0.6 is 0 Å². The molecule has 4 fully saturated rings. The summed E-state index contributed by atoms with van der Waals surface area (Å²) in [6, 6.07) is 0.674. The molecule has 142 valence electrons. The van der Waals surface area contributed by atoms with E-state index in [1.165, 1.54) is 32.1 Å². The van der Waals surface area contributed by atoms with Crippen LogP contribution in [0.2, 0.25) is 0 Å². The Kier molecular flexibility index (Phi) is 3.80. The van der Waals surface area contributed by atoms with Crippen LogP contribution < -0.4 is 10.2 Å². The minimum Gasteiger partial charge on any atom is -0.408 e. The van der Waals surface area contributed by atoms with Crippen LogP contribution in [0.3, 0.4) is 0 Å². The Morgan fingerprint density at radius 3 is 2.85 bits per heavy atom. The minimum absolute atomic E-state index is 0.142. The van der Waals surface area contributed by atoms with Crippen molar-refractivity contribution in [3.05, 3.63) is 5.89 Å². The number of anilines is 1. The van der Waals surface area contributed by atoms with Crippen molar-refractivity contribution in [3.63, 3.8) is 0 Å². The van der Waals surface area contributed by atoms with Gasteiger partial charge < -0.3 is 14.6 Å². The van der Waals surface area contributed by atoms with Crippen LogP contribution in [0.15, 0.2) is 4.42 Å². The molecule has 1 saturated heterocycles. The zero-order chi connectivity index (χ0) is 17.9. The standard InChI is InChI=1S/C20H30N4O2/c1-12(2)18-22-23-19(26-18)24-9-6-14(20(24)7-8-20)11-21-17(25)16-10-13-4-3-5-15(13)16/h12-16H,3-11H2,1-2H3,(H,21,25). The quantitative estimate of drug-likeness (QED) is 0.876. The zero-order valence-electron chi connectivity index (χ0n) is 15.9. The Hall–Kier alpha value is -1.59. The van der Waals surface area contributed by atoms with Crippen molar-refractivity contribution >= 4 is 11.9 Å². The largest absolute Gasteiger partial charge is 0.408 e. The lowest BCUT2D eigenvalue weighted by Gasteiger charge is -2.39. The molecule has 4 aliphatic rings. The van der Waals surface area contributed by atoms with Gasteiger partial charge in [-0.25, -0.2) is 0 Å². The molecule has 0 bridgehead atoms. The van der Waals surface area contributed by atoms with Crippen molar-refractivity contribution in [1.82, 2.24) is 15.5 Å². The summed E-state index contributed by atoms with van der Waals surface area (Å²) in [6.07, 6.45) is 8.48. The smallest absolute Gasteiger partial charge is 0.318 e. The molecule has 1 spiro atoms. The molecule has 26 heavy (non-hydrogen) atoms. The zero-order valence-corrected chi connectivity index (χ0v) is 15.9. The van der Waals surface area contributed by atoms with E-state index in [0.29, 0.717) is 35.6 Å². The van der Waals surface area contributed by atoms with Gasteiger partial charge in [-0.3, -0.25) is 4.79 Å². The van der Waals surface area contributed by atoms with Crippen LogP contribution in [0, 0.1) is 23.7 Å². The molecule has 4 atom stereocenters. The second-order valence-electron chi connectivity index (χ2n) is 9.26. The Morgan fingerprint density at radius 2 is 2.15 bits per heavy atom. The van der Waals surface area contributed by atoms with E-state index >= 15 is 0 Å². The summed E-state index contributed by atoms with van der Waals surface area (Å²) in [5, 5.41) is 11.8. The van der Waals surface area contributed by atoms with Crippen molar-refractivity contribution in [2.75, 3.05) is 18.0 Å². The first kappa shape index (κ1) is 16.6. The lowest BCUT2D eigenvalue weighted by molar-refractivity contribution is -0.132. The first-order chi connectivity index (χ1) is 12.6. The minimum atomic E-state index is 0.142. The van der Waals surface area contributed by atoms with Crippen molar-refractivity contribution in [3.8, 4) is 0 Å². The van der Waals surface area contributed by atoms with Gasteiger partial charge in [-0.15, -0.1) is 5.10 Å². The second-order valence-corrected chi connectivity index (χ2v) is 9.26. The maximum atomic E-state index is 12.6. The van der Waals surface area contributed by atoms with E-state index in [2.05, 4.69) is 34.3 Å². The fourth-order valence-electron chi connectivity index (χ4n) is 5.80. The van der Waals surface area contributed by atoms with E-state index in [4.69, 9.17) is 4.42 Å². The lowest BCUT2D eigenvalue weighted by Crippen LogP contribution is -2.47. The van der Waals surface area contributed by atoms with Crippen LogP contribution in [-0.4, -0.2) is 34.7 Å². The SMILES string of the molecule is CC(C)c1nnc(N2CCC(CNC(=O)C3CC4CCCC43)C23CC3)o1. The van der Waals surface area contributed by atoms with Crippen molar-refractivity contribution in [2.24, 2.45) is 23.7 Å². The summed E-state index contributed by atoms with van der Waals surface area (Å²) in [5.74, 6) is 3.59. The van der Waals surface area contributed by atoms with Crippen molar-refractivity contribution in [2.45, 2.75) is 70.3 Å². The lowest BCUT2D eigenvalue weighted by atomic mass is 9.66. The summed E-state index contributed by atoms with van der Waals surface area (Å²) in [7, 11) is 0. The maximum absolute atomic E-state index is 12.6. The highest BCUT2D eigenvalue weighted by Gasteiger charge is 2.59. The van der Waals surface area contributed by atoms with E-state index in [1.807, 2.05) is 0 Å². The molecule has 6 nitrogen and oxygen atoms in total. The van der Waals surface area contributed by atoms with Gasteiger partial charge >= 0.3 is 6.01 Å². The van der Waals surface area contributed by atoms with Gasteiger partial charge in [-0.1, -0.05) is 31.8 Å². The van der Waals surface area contributed by atoms with Crippen LogP contribution in [0.4, 0.5) is 6.01 Å². The third-order valence-corrected chi connectivity index (χ3v) is 7.57. The highest BCUT2D eigenvalue weighted by Crippen LogP contribution is 2.55. The molecule has 1 aromatic rings. The molecule has 1 aromatic heterocycles. The number of nitrogens with zero attached hydrogens (tertiary/aromatic N) is 3. The fraction of sp³-hybridized carbons (Fsp3) is 0.850. The summed E-state index contributed by atoms with van der Waals surface area (Å²) >= 11 is 0. The number of amides is 1. The second kappa shape index (κ2) is 5.96.